The Morgan fingerprint density at radius 2 is 0.941 bits per heavy atom. The predicted octanol–water partition coefficient (Wildman–Crippen LogP) is 11.7. The highest BCUT2D eigenvalue weighted by molar-refractivity contribution is 7.21. The summed E-state index contributed by atoms with van der Waals surface area (Å²) in [4.78, 5) is 11.9. The van der Waals surface area contributed by atoms with E-state index in [0.717, 1.165) is 81.8 Å². The average Bonchev–Trinajstić information content (AvgIpc) is 3.91. The molecule has 12 rings (SSSR count). The van der Waals surface area contributed by atoms with Crippen molar-refractivity contribution in [2.24, 2.45) is 0 Å². The van der Waals surface area contributed by atoms with Crippen LogP contribution in [0.2, 0.25) is 0 Å². The van der Waals surface area contributed by atoms with Gasteiger partial charge in [0.2, 0.25) is 0 Å². The van der Waals surface area contributed by atoms with Gasteiger partial charge in [-0.3, -0.25) is 8.80 Å². The zero-order valence-electron chi connectivity index (χ0n) is 27.0. The molecule has 0 aliphatic rings. The quantitative estimate of drug-likeness (QED) is 0.184. The summed E-state index contributed by atoms with van der Waals surface area (Å²) < 4.78 is 13.3. The summed E-state index contributed by atoms with van der Waals surface area (Å²) >= 11 is 1.61. The number of imidazole rings is 2. The number of furan rings is 1. The van der Waals surface area contributed by atoms with E-state index in [-0.39, 0.29) is 0 Å². The van der Waals surface area contributed by atoms with Gasteiger partial charge in [0.25, 0.3) is 0 Å². The predicted molar refractivity (Wildman–Crippen MR) is 210 cm³/mol. The highest BCUT2D eigenvalue weighted by Gasteiger charge is 2.17. The Labute approximate surface area is 293 Å². The van der Waals surface area contributed by atoms with Crippen molar-refractivity contribution in [3.8, 4) is 16.8 Å². The molecule has 51 heavy (non-hydrogen) atoms. The van der Waals surface area contributed by atoms with Gasteiger partial charge in [0.15, 0.2) is 9.92 Å². The second-order valence-electron chi connectivity index (χ2n) is 13.1. The molecule has 0 amide bonds. The lowest BCUT2D eigenvalue weighted by atomic mass is 10.0. The highest BCUT2D eigenvalue weighted by Crippen LogP contribution is 2.38. The normalized spacial score (nSPS) is 12.3. The van der Waals surface area contributed by atoms with Gasteiger partial charge in [0, 0.05) is 27.2 Å². The second kappa shape index (κ2) is 9.94. The lowest BCUT2D eigenvalue weighted by Crippen LogP contribution is -1.93. The molecular formula is C44H25N5OS. The fraction of sp³-hybridized carbons (Fsp3) is 0. The van der Waals surface area contributed by atoms with Crippen LogP contribution in [0, 0.1) is 0 Å². The van der Waals surface area contributed by atoms with Gasteiger partial charge < -0.3 is 8.98 Å². The minimum atomic E-state index is 0.872. The first kappa shape index (κ1) is 27.2. The summed E-state index contributed by atoms with van der Waals surface area (Å²) in [5, 5.41) is 4.68. The van der Waals surface area contributed by atoms with Crippen LogP contribution >= 0.6 is 11.3 Å². The van der Waals surface area contributed by atoms with Gasteiger partial charge in [-0.1, -0.05) is 84.1 Å². The Bertz CT molecular complexity index is 3390. The van der Waals surface area contributed by atoms with E-state index in [1.54, 1.807) is 11.3 Å². The first-order valence-electron chi connectivity index (χ1n) is 17.0. The van der Waals surface area contributed by atoms with E-state index in [9.17, 15) is 0 Å². The molecule has 0 saturated heterocycles. The standard InChI is InChI=1S/C44H25N5OS/c1-5-13-35-29(9-1)30-10-2-6-14-36(30)47(35)28-19-22-42-32(25-28)31-23-26(18-21-41(31)50-42)27-17-20-39-40(24-27)49-38-16-8-4-12-34(38)46-44(49)51-43-45-33-11-3-7-15-37(33)48(39)43/h1-25H. The number of hydrogen-bond donors (Lipinski definition) is 0. The van der Waals surface area contributed by atoms with E-state index in [4.69, 9.17) is 14.4 Å². The number of fused-ring (bicyclic) bond motifs is 15. The van der Waals surface area contributed by atoms with Gasteiger partial charge in [-0.15, -0.1) is 0 Å². The Morgan fingerprint density at radius 3 is 1.63 bits per heavy atom. The summed E-state index contributed by atoms with van der Waals surface area (Å²) in [7, 11) is 0. The molecule has 5 aromatic heterocycles. The van der Waals surface area contributed by atoms with E-state index in [0.29, 0.717) is 0 Å². The smallest absolute Gasteiger partial charge is 0.198 e. The molecule has 0 unspecified atom stereocenters. The van der Waals surface area contributed by atoms with Crippen molar-refractivity contribution in [3.63, 3.8) is 0 Å². The van der Waals surface area contributed by atoms with Crippen LogP contribution in [0.4, 0.5) is 0 Å². The van der Waals surface area contributed by atoms with Gasteiger partial charge >= 0.3 is 0 Å². The summed E-state index contributed by atoms with van der Waals surface area (Å²) in [5.74, 6) is 0. The molecule has 7 aromatic carbocycles. The Kier molecular flexibility index (Phi) is 5.29. The Balaban J connectivity index is 1.11. The summed E-state index contributed by atoms with van der Waals surface area (Å²) in [6, 6.07) is 53.8. The maximum absolute atomic E-state index is 6.42. The molecule has 0 bridgehead atoms. The van der Waals surface area contributed by atoms with Crippen molar-refractivity contribution >= 4 is 98.1 Å². The van der Waals surface area contributed by atoms with Crippen molar-refractivity contribution in [2.75, 3.05) is 0 Å². The maximum Gasteiger partial charge on any atom is 0.198 e. The summed E-state index contributed by atoms with van der Waals surface area (Å²) in [6.07, 6.45) is 0. The molecule has 0 atom stereocenters. The zero-order chi connectivity index (χ0) is 33.2. The molecule has 6 nitrogen and oxygen atoms in total. The van der Waals surface area contributed by atoms with Crippen LogP contribution in [0.3, 0.4) is 0 Å². The molecular weight excluding hydrogens is 647 g/mol. The van der Waals surface area contributed by atoms with Gasteiger partial charge in [0.05, 0.1) is 44.1 Å². The van der Waals surface area contributed by atoms with Crippen molar-refractivity contribution < 1.29 is 4.42 Å². The van der Waals surface area contributed by atoms with E-state index in [1.807, 2.05) is 12.1 Å². The molecule has 0 spiro atoms. The fourth-order valence-corrected chi connectivity index (χ4v) is 9.08. The third kappa shape index (κ3) is 3.75. The molecule has 0 N–H and O–H groups in total. The van der Waals surface area contributed by atoms with Crippen LogP contribution in [0.5, 0.6) is 0 Å². The van der Waals surface area contributed by atoms with Crippen molar-refractivity contribution in [2.45, 2.75) is 0 Å². The van der Waals surface area contributed by atoms with E-state index in [2.05, 4.69) is 153 Å². The number of benzene rings is 7. The minimum absolute atomic E-state index is 0.872. The van der Waals surface area contributed by atoms with Crippen LogP contribution in [0.25, 0.3) is 104 Å². The number of hydrogen-bond acceptors (Lipinski definition) is 4. The Hall–Kier alpha value is -6.70. The minimum Gasteiger partial charge on any atom is -0.456 e. The number of nitrogens with zero attached hydrogens (tertiary/aromatic N) is 5. The van der Waals surface area contributed by atoms with E-state index >= 15 is 0 Å². The largest absolute Gasteiger partial charge is 0.456 e. The van der Waals surface area contributed by atoms with Crippen LogP contribution in [0.15, 0.2) is 156 Å². The Morgan fingerprint density at radius 1 is 0.412 bits per heavy atom. The second-order valence-corrected chi connectivity index (χ2v) is 14.0. The molecule has 0 aliphatic carbocycles. The maximum atomic E-state index is 6.42. The lowest BCUT2D eigenvalue weighted by Gasteiger charge is -2.08. The zero-order valence-corrected chi connectivity index (χ0v) is 27.8. The molecule has 12 aromatic rings. The number of rotatable bonds is 2. The number of para-hydroxylation sites is 6. The van der Waals surface area contributed by atoms with Gasteiger partial charge in [-0.25, -0.2) is 9.97 Å². The first-order valence-corrected chi connectivity index (χ1v) is 17.8. The monoisotopic (exact) mass is 671 g/mol. The van der Waals surface area contributed by atoms with Crippen molar-refractivity contribution in [1.29, 1.82) is 0 Å². The number of aromatic nitrogens is 5. The molecule has 0 saturated carbocycles. The molecule has 5 heterocycles. The molecule has 7 heteroatoms. The topological polar surface area (TPSA) is 52.7 Å². The third-order valence-electron chi connectivity index (χ3n) is 10.3. The molecule has 238 valence electrons. The SMILES string of the molecule is c1ccc2c(c1)nc1sc3nc4ccccc4n3c3cc(-c4ccc5oc6ccc(-n7c8ccccc8c8ccccc87)cc6c5c4)ccc3n12. The molecule has 0 aliphatic heterocycles. The highest BCUT2D eigenvalue weighted by atomic mass is 32.1. The van der Waals surface area contributed by atoms with Crippen LogP contribution in [-0.2, 0) is 0 Å². The molecule has 0 radical (unpaired) electrons. The van der Waals surface area contributed by atoms with E-state index < -0.39 is 0 Å². The molecule has 0 fully saturated rings. The average molecular weight is 672 g/mol. The lowest BCUT2D eigenvalue weighted by molar-refractivity contribution is 0.669. The van der Waals surface area contributed by atoms with Gasteiger partial charge in [-0.2, -0.15) is 0 Å². The summed E-state index contributed by atoms with van der Waals surface area (Å²) in [5.41, 5.74) is 13.7. The summed E-state index contributed by atoms with van der Waals surface area (Å²) in [6.45, 7) is 0. The first-order chi connectivity index (χ1) is 25.3. The van der Waals surface area contributed by atoms with Crippen molar-refractivity contribution in [1.82, 2.24) is 23.3 Å². The van der Waals surface area contributed by atoms with Crippen LogP contribution < -0.4 is 0 Å². The van der Waals surface area contributed by atoms with Gasteiger partial charge in [-0.05, 0) is 90.0 Å². The van der Waals surface area contributed by atoms with Crippen molar-refractivity contribution in [3.05, 3.63) is 152 Å². The van der Waals surface area contributed by atoms with Gasteiger partial charge in [0.1, 0.15) is 11.2 Å². The third-order valence-corrected chi connectivity index (χ3v) is 11.2. The van der Waals surface area contributed by atoms with Crippen LogP contribution in [0.1, 0.15) is 0 Å². The fourth-order valence-electron chi connectivity index (χ4n) is 8.05. The van der Waals surface area contributed by atoms with Crippen LogP contribution in [-0.4, -0.2) is 23.3 Å². The van der Waals surface area contributed by atoms with E-state index in [1.165, 1.54) is 21.8 Å².